The second-order valence-corrected chi connectivity index (χ2v) is 7.22. The number of fused-ring (bicyclic) bond motifs is 1. The highest BCUT2D eigenvalue weighted by Crippen LogP contribution is 2.37. The van der Waals surface area contributed by atoms with Gasteiger partial charge in [-0.15, -0.1) is 0 Å². The van der Waals surface area contributed by atoms with Gasteiger partial charge in [0.1, 0.15) is 6.10 Å². The minimum Gasteiger partial charge on any atom is -0.462 e. The maximum Gasteiger partial charge on any atom is 0.306 e. The number of para-hydroxylation sites is 1. The van der Waals surface area contributed by atoms with Gasteiger partial charge in [-0.05, 0) is 42.7 Å². The fourth-order valence-corrected chi connectivity index (χ4v) is 3.47. The van der Waals surface area contributed by atoms with Crippen LogP contribution in [0.15, 0.2) is 24.3 Å². The lowest BCUT2D eigenvalue weighted by Crippen LogP contribution is -2.28. The first kappa shape index (κ1) is 14.4. The molecule has 21 heavy (non-hydrogen) atoms. The van der Waals surface area contributed by atoms with Crippen LogP contribution in [0.2, 0.25) is 0 Å². The summed E-state index contributed by atoms with van der Waals surface area (Å²) in [6.45, 7) is 5.44. The Labute approximate surface area is 127 Å². The Morgan fingerprint density at radius 1 is 1.29 bits per heavy atom. The van der Waals surface area contributed by atoms with Crippen LogP contribution in [-0.4, -0.2) is 18.6 Å². The quantitative estimate of drug-likeness (QED) is 0.851. The summed E-state index contributed by atoms with van der Waals surface area (Å²) >= 11 is 0. The molecule has 3 rings (SSSR count). The highest BCUT2D eigenvalue weighted by Gasteiger charge is 2.30. The molecule has 1 saturated carbocycles. The molecule has 1 aromatic carbocycles. The lowest BCUT2D eigenvalue weighted by Gasteiger charge is -2.34. The van der Waals surface area contributed by atoms with Crippen molar-refractivity contribution in [2.45, 2.75) is 58.0 Å². The molecule has 3 nitrogen and oxygen atoms in total. The van der Waals surface area contributed by atoms with Crippen molar-refractivity contribution in [3.8, 4) is 0 Å². The van der Waals surface area contributed by atoms with E-state index in [4.69, 9.17) is 4.74 Å². The maximum atomic E-state index is 12.2. The van der Waals surface area contributed by atoms with E-state index in [2.05, 4.69) is 31.3 Å². The van der Waals surface area contributed by atoms with Gasteiger partial charge in [0.2, 0.25) is 0 Å². The van der Waals surface area contributed by atoms with Crippen LogP contribution in [0.3, 0.4) is 0 Å². The molecule has 114 valence electrons. The third kappa shape index (κ3) is 3.39. The zero-order valence-electron chi connectivity index (χ0n) is 13.0. The number of esters is 1. The van der Waals surface area contributed by atoms with Crippen LogP contribution in [0, 0.1) is 5.41 Å². The van der Waals surface area contributed by atoms with Crippen LogP contribution in [0.4, 0.5) is 5.69 Å². The molecule has 0 aromatic heterocycles. The lowest BCUT2D eigenvalue weighted by molar-refractivity contribution is -0.152. The predicted molar refractivity (Wildman–Crippen MR) is 84.4 cm³/mol. The van der Waals surface area contributed by atoms with E-state index < -0.39 is 0 Å². The van der Waals surface area contributed by atoms with Gasteiger partial charge in [-0.1, -0.05) is 32.0 Å². The summed E-state index contributed by atoms with van der Waals surface area (Å²) in [5, 5.41) is 3.36. The zero-order valence-corrected chi connectivity index (χ0v) is 13.0. The minimum absolute atomic E-state index is 0.0387. The van der Waals surface area contributed by atoms with Gasteiger partial charge in [0.25, 0.3) is 0 Å². The molecule has 0 radical (unpaired) electrons. The molecular formula is C18H25NO2. The third-order valence-electron chi connectivity index (χ3n) is 4.94. The molecule has 1 aliphatic heterocycles. The summed E-state index contributed by atoms with van der Waals surface area (Å²) in [5.74, 6) is 0.219. The predicted octanol–water partition coefficient (Wildman–Crippen LogP) is 4.10. The summed E-state index contributed by atoms with van der Waals surface area (Å²) in [7, 11) is 0. The second-order valence-electron chi connectivity index (χ2n) is 7.22. The van der Waals surface area contributed by atoms with Gasteiger partial charge in [-0.25, -0.2) is 0 Å². The van der Waals surface area contributed by atoms with Crippen LogP contribution in [0.1, 0.15) is 57.4 Å². The van der Waals surface area contributed by atoms with E-state index >= 15 is 0 Å². The molecule has 0 amide bonds. The largest absolute Gasteiger partial charge is 0.462 e. The number of anilines is 1. The summed E-state index contributed by atoms with van der Waals surface area (Å²) in [6.07, 6.45) is 4.95. The van der Waals surface area contributed by atoms with Gasteiger partial charge in [-0.2, -0.15) is 0 Å². The Balaban J connectivity index is 1.52. The van der Waals surface area contributed by atoms with E-state index in [0.29, 0.717) is 11.8 Å². The molecule has 0 saturated heterocycles. The van der Waals surface area contributed by atoms with E-state index in [9.17, 15) is 4.79 Å². The number of nitrogens with one attached hydrogen (secondary N) is 1. The van der Waals surface area contributed by atoms with Gasteiger partial charge in [0, 0.05) is 18.2 Å². The number of carbonyl (C=O) groups is 1. The normalized spacial score (nSPS) is 24.2. The van der Waals surface area contributed by atoms with Crippen molar-refractivity contribution in [1.29, 1.82) is 0 Å². The van der Waals surface area contributed by atoms with Gasteiger partial charge < -0.3 is 10.1 Å². The molecule has 1 atom stereocenters. The molecule has 1 N–H and O–H groups in total. The van der Waals surface area contributed by atoms with Gasteiger partial charge in [-0.3, -0.25) is 4.79 Å². The Hall–Kier alpha value is -1.51. The smallest absolute Gasteiger partial charge is 0.306 e. The fourth-order valence-electron chi connectivity index (χ4n) is 3.47. The van der Waals surface area contributed by atoms with Gasteiger partial charge >= 0.3 is 5.97 Å². The van der Waals surface area contributed by atoms with Gasteiger partial charge in [0.15, 0.2) is 0 Å². The molecule has 1 aliphatic carbocycles. The first-order valence-electron chi connectivity index (χ1n) is 8.06. The van der Waals surface area contributed by atoms with Crippen molar-refractivity contribution in [3.05, 3.63) is 29.8 Å². The number of benzene rings is 1. The van der Waals surface area contributed by atoms with Crippen molar-refractivity contribution < 1.29 is 9.53 Å². The molecular weight excluding hydrogens is 262 g/mol. The first-order chi connectivity index (χ1) is 10.0. The number of ether oxygens (including phenoxy) is 1. The Morgan fingerprint density at radius 2 is 2.00 bits per heavy atom. The third-order valence-corrected chi connectivity index (χ3v) is 4.94. The Kier molecular flexibility index (Phi) is 3.92. The first-order valence-corrected chi connectivity index (χ1v) is 8.06. The fraction of sp³-hybridized carbons (Fsp3) is 0.611. The average Bonchev–Trinajstić information content (AvgIpc) is 2.85. The molecule has 0 bridgehead atoms. The molecule has 1 heterocycles. The van der Waals surface area contributed by atoms with E-state index in [1.807, 2.05) is 12.1 Å². The second kappa shape index (κ2) is 5.70. The van der Waals surface area contributed by atoms with Crippen LogP contribution >= 0.6 is 0 Å². The molecule has 0 spiro atoms. The van der Waals surface area contributed by atoms with Crippen molar-refractivity contribution in [1.82, 2.24) is 0 Å². The monoisotopic (exact) mass is 287 g/mol. The van der Waals surface area contributed by atoms with Crippen LogP contribution in [0.25, 0.3) is 0 Å². The maximum absolute atomic E-state index is 12.2. The van der Waals surface area contributed by atoms with Crippen LogP contribution < -0.4 is 5.32 Å². The highest BCUT2D eigenvalue weighted by atomic mass is 16.5. The number of carbonyl (C=O) groups excluding carboxylic acids is 1. The highest BCUT2D eigenvalue weighted by molar-refractivity contribution is 5.72. The molecule has 1 aromatic rings. The lowest BCUT2D eigenvalue weighted by atomic mass is 9.76. The number of hydrogen-bond acceptors (Lipinski definition) is 3. The van der Waals surface area contributed by atoms with Crippen molar-refractivity contribution in [3.63, 3.8) is 0 Å². The van der Waals surface area contributed by atoms with E-state index in [1.54, 1.807) is 0 Å². The van der Waals surface area contributed by atoms with E-state index in [-0.39, 0.29) is 18.0 Å². The SMILES string of the molecule is CC1(C)CCC(OC(=O)CC2CNc3ccccc32)CC1. The zero-order chi connectivity index (χ0) is 14.9. The summed E-state index contributed by atoms with van der Waals surface area (Å²) in [4.78, 5) is 12.2. The van der Waals surface area contributed by atoms with Crippen molar-refractivity contribution >= 4 is 11.7 Å². The van der Waals surface area contributed by atoms with Crippen molar-refractivity contribution in [2.24, 2.45) is 5.41 Å². The number of rotatable bonds is 3. The topological polar surface area (TPSA) is 38.3 Å². The van der Waals surface area contributed by atoms with Crippen LogP contribution in [0.5, 0.6) is 0 Å². The molecule has 2 aliphatic rings. The summed E-state index contributed by atoms with van der Waals surface area (Å²) < 4.78 is 5.69. The molecule has 1 unspecified atom stereocenters. The minimum atomic E-state index is -0.0387. The molecule has 1 fully saturated rings. The standard InChI is InChI=1S/C18H25NO2/c1-18(2)9-7-14(8-10-18)21-17(20)11-13-12-19-16-6-4-3-5-15(13)16/h3-6,13-14,19H,7-12H2,1-2H3. The van der Waals surface area contributed by atoms with Gasteiger partial charge in [0.05, 0.1) is 6.42 Å². The van der Waals surface area contributed by atoms with E-state index in [1.165, 1.54) is 5.56 Å². The summed E-state index contributed by atoms with van der Waals surface area (Å²) in [5.41, 5.74) is 2.82. The Morgan fingerprint density at radius 3 is 2.76 bits per heavy atom. The molecule has 3 heteroatoms. The van der Waals surface area contributed by atoms with Crippen LogP contribution in [-0.2, 0) is 9.53 Å². The number of hydrogen-bond donors (Lipinski definition) is 1. The Bertz CT molecular complexity index is 514. The van der Waals surface area contributed by atoms with E-state index in [0.717, 1.165) is 37.9 Å². The summed E-state index contributed by atoms with van der Waals surface area (Å²) in [6, 6.07) is 8.24. The average molecular weight is 287 g/mol. The van der Waals surface area contributed by atoms with Crippen molar-refractivity contribution in [2.75, 3.05) is 11.9 Å².